The average Bonchev–Trinajstić information content (AvgIpc) is 2.59. The lowest BCUT2D eigenvalue weighted by molar-refractivity contribution is -0.907. The summed E-state index contributed by atoms with van der Waals surface area (Å²) in [6.45, 7) is 2.55. The van der Waals surface area contributed by atoms with Gasteiger partial charge >= 0.3 is 0 Å². The van der Waals surface area contributed by atoms with Crippen LogP contribution in [0.15, 0.2) is 0 Å². The normalized spacial score (nSPS) is 37.9. The molecule has 0 amide bonds. The van der Waals surface area contributed by atoms with Gasteiger partial charge in [-0.05, 0) is 19.9 Å². The van der Waals surface area contributed by atoms with E-state index in [1.165, 1.54) is 30.5 Å². The highest BCUT2D eigenvalue weighted by atomic mass is 15.5. The van der Waals surface area contributed by atoms with Crippen molar-refractivity contribution in [2.75, 3.05) is 34.4 Å². The third-order valence-electron chi connectivity index (χ3n) is 3.17. The largest absolute Gasteiger partial charge is 0.312 e. The predicted octanol–water partition coefficient (Wildman–Crippen LogP) is 0.744. The Morgan fingerprint density at radius 3 is 2.27 bits per heavy atom. The van der Waals surface area contributed by atoms with Crippen LogP contribution in [0.25, 0.3) is 0 Å². The minimum atomic E-state index is 0.931. The fourth-order valence-corrected chi connectivity index (χ4v) is 2.53. The van der Waals surface area contributed by atoms with Crippen molar-refractivity contribution in [2.45, 2.75) is 18.9 Å². The van der Waals surface area contributed by atoms with Gasteiger partial charge in [0, 0.05) is 5.92 Å². The zero-order valence-corrected chi connectivity index (χ0v) is 7.88. The van der Waals surface area contributed by atoms with E-state index in [0.717, 1.165) is 12.0 Å². The molecule has 2 rings (SSSR count). The maximum absolute atomic E-state index is 2.46. The summed E-state index contributed by atoms with van der Waals surface area (Å²) in [4.78, 5) is 2.46. The maximum Gasteiger partial charge on any atom is 0.134 e. The Morgan fingerprint density at radius 1 is 1.27 bits per heavy atom. The third-order valence-corrected chi connectivity index (χ3v) is 3.17. The van der Waals surface area contributed by atoms with Gasteiger partial charge in [0.2, 0.25) is 0 Å². The number of quaternary nitrogens is 1. The molecular weight excluding hydrogens is 136 g/mol. The van der Waals surface area contributed by atoms with E-state index in [-0.39, 0.29) is 0 Å². The summed E-state index contributed by atoms with van der Waals surface area (Å²) in [5.41, 5.74) is 0. The van der Waals surface area contributed by atoms with Crippen LogP contribution in [0.5, 0.6) is 0 Å². The Balaban J connectivity index is 2.07. The quantitative estimate of drug-likeness (QED) is 0.505. The van der Waals surface area contributed by atoms with Gasteiger partial charge in [-0.2, -0.15) is 0 Å². The Morgan fingerprint density at radius 2 is 1.91 bits per heavy atom. The molecule has 0 aromatic carbocycles. The molecule has 1 saturated heterocycles. The van der Waals surface area contributed by atoms with Crippen molar-refractivity contribution in [1.29, 1.82) is 0 Å². The summed E-state index contributed by atoms with van der Waals surface area (Å²) in [5.74, 6) is 1.05. The van der Waals surface area contributed by atoms with Gasteiger partial charge in [0.1, 0.15) is 12.7 Å². The summed E-state index contributed by atoms with van der Waals surface area (Å²) in [6.07, 6.45) is 2.97. The molecule has 2 nitrogen and oxygen atoms in total. The standard InChI is InChI=1S/C9H19N2/c1-10-6-9(8-4-5-8)11(2,3)7-10/h8-9H,4-7H2,1-3H3/q+1. The lowest BCUT2D eigenvalue weighted by Gasteiger charge is -2.30. The van der Waals surface area contributed by atoms with Crippen molar-refractivity contribution in [3.05, 3.63) is 0 Å². The Labute approximate surface area is 69.4 Å². The van der Waals surface area contributed by atoms with Crippen molar-refractivity contribution in [1.82, 2.24) is 4.90 Å². The second-order valence-corrected chi connectivity index (χ2v) is 4.86. The van der Waals surface area contributed by atoms with E-state index in [1.807, 2.05) is 0 Å². The molecule has 1 heterocycles. The number of hydrogen-bond donors (Lipinski definition) is 0. The van der Waals surface area contributed by atoms with Crippen molar-refractivity contribution in [3.8, 4) is 0 Å². The lowest BCUT2D eigenvalue weighted by atomic mass is 10.1. The van der Waals surface area contributed by atoms with Gasteiger partial charge in [-0.15, -0.1) is 0 Å². The van der Waals surface area contributed by atoms with Gasteiger partial charge in [0.15, 0.2) is 0 Å². The summed E-state index contributed by atoms with van der Waals surface area (Å²) >= 11 is 0. The molecule has 0 bridgehead atoms. The van der Waals surface area contributed by atoms with Crippen LogP contribution < -0.4 is 0 Å². The third kappa shape index (κ3) is 1.30. The van der Waals surface area contributed by atoms with E-state index in [0.29, 0.717) is 0 Å². The van der Waals surface area contributed by atoms with E-state index >= 15 is 0 Å². The number of rotatable bonds is 1. The maximum atomic E-state index is 2.46. The van der Waals surface area contributed by atoms with Crippen LogP contribution >= 0.6 is 0 Å². The van der Waals surface area contributed by atoms with Gasteiger partial charge < -0.3 is 4.48 Å². The van der Waals surface area contributed by atoms with Crippen molar-refractivity contribution >= 4 is 0 Å². The van der Waals surface area contributed by atoms with Gasteiger partial charge in [-0.1, -0.05) is 0 Å². The molecule has 1 aliphatic carbocycles. The SMILES string of the molecule is CN1CC(C2CC2)[N+](C)(C)C1. The fraction of sp³-hybridized carbons (Fsp3) is 1.00. The molecule has 0 radical (unpaired) electrons. The first-order valence-corrected chi connectivity index (χ1v) is 4.61. The molecule has 0 N–H and O–H groups in total. The summed E-state index contributed by atoms with van der Waals surface area (Å²) in [6, 6.07) is 0.931. The topological polar surface area (TPSA) is 3.24 Å². The molecule has 0 aromatic rings. The molecular formula is C9H19N2+. The molecule has 64 valence electrons. The van der Waals surface area contributed by atoms with Crippen LogP contribution in [0.4, 0.5) is 0 Å². The van der Waals surface area contributed by atoms with E-state index in [2.05, 4.69) is 26.0 Å². The van der Waals surface area contributed by atoms with E-state index in [1.54, 1.807) is 0 Å². The summed E-state index contributed by atoms with van der Waals surface area (Å²) < 4.78 is 1.22. The van der Waals surface area contributed by atoms with Gasteiger partial charge in [0.05, 0.1) is 20.6 Å². The number of hydrogen-bond acceptors (Lipinski definition) is 1. The molecule has 2 fully saturated rings. The first-order chi connectivity index (χ1) is 5.09. The zero-order chi connectivity index (χ0) is 8.06. The van der Waals surface area contributed by atoms with Gasteiger partial charge in [-0.3, -0.25) is 4.90 Å². The number of likely N-dealkylation sites (N-methyl/N-ethyl adjacent to an activating group) is 2. The molecule has 0 aromatic heterocycles. The van der Waals surface area contributed by atoms with Crippen molar-refractivity contribution < 1.29 is 4.48 Å². The molecule has 0 spiro atoms. The van der Waals surface area contributed by atoms with Crippen LogP contribution in [0, 0.1) is 5.92 Å². The lowest BCUT2D eigenvalue weighted by Crippen LogP contribution is -2.46. The van der Waals surface area contributed by atoms with Gasteiger partial charge in [0.25, 0.3) is 0 Å². The summed E-state index contributed by atoms with van der Waals surface area (Å²) in [5, 5.41) is 0. The van der Waals surface area contributed by atoms with E-state index in [9.17, 15) is 0 Å². The Hall–Kier alpha value is -0.0800. The Kier molecular flexibility index (Phi) is 1.52. The van der Waals surface area contributed by atoms with E-state index in [4.69, 9.17) is 0 Å². The summed E-state index contributed by atoms with van der Waals surface area (Å²) in [7, 11) is 6.97. The molecule has 1 atom stereocenters. The highest BCUT2D eigenvalue weighted by molar-refractivity contribution is 4.86. The zero-order valence-electron chi connectivity index (χ0n) is 7.88. The minimum Gasteiger partial charge on any atom is -0.312 e. The Bertz CT molecular complexity index is 161. The molecule has 1 aliphatic heterocycles. The molecule has 1 unspecified atom stereocenters. The van der Waals surface area contributed by atoms with E-state index < -0.39 is 0 Å². The monoisotopic (exact) mass is 155 g/mol. The average molecular weight is 155 g/mol. The second kappa shape index (κ2) is 2.20. The first-order valence-electron chi connectivity index (χ1n) is 4.61. The predicted molar refractivity (Wildman–Crippen MR) is 46.1 cm³/mol. The van der Waals surface area contributed by atoms with Crippen molar-refractivity contribution in [3.63, 3.8) is 0 Å². The highest BCUT2D eigenvalue weighted by Gasteiger charge is 2.46. The first kappa shape index (κ1) is 7.56. The highest BCUT2D eigenvalue weighted by Crippen LogP contribution is 2.39. The van der Waals surface area contributed by atoms with Crippen LogP contribution in [-0.4, -0.2) is 49.8 Å². The number of nitrogens with zero attached hydrogens (tertiary/aromatic N) is 2. The van der Waals surface area contributed by atoms with Crippen molar-refractivity contribution in [2.24, 2.45) is 5.92 Å². The molecule has 11 heavy (non-hydrogen) atoms. The minimum absolute atomic E-state index is 0.931. The van der Waals surface area contributed by atoms with Gasteiger partial charge in [-0.25, -0.2) is 0 Å². The van der Waals surface area contributed by atoms with Crippen LogP contribution in [-0.2, 0) is 0 Å². The fourth-order valence-electron chi connectivity index (χ4n) is 2.53. The molecule has 1 saturated carbocycles. The van der Waals surface area contributed by atoms with Crippen LogP contribution in [0.1, 0.15) is 12.8 Å². The van der Waals surface area contributed by atoms with Crippen LogP contribution in [0.3, 0.4) is 0 Å². The smallest absolute Gasteiger partial charge is 0.134 e. The second-order valence-electron chi connectivity index (χ2n) is 4.86. The molecule has 2 aliphatic rings. The molecule has 2 heteroatoms. The van der Waals surface area contributed by atoms with Crippen LogP contribution in [0.2, 0.25) is 0 Å².